The van der Waals surface area contributed by atoms with Crippen LogP contribution in [-0.4, -0.2) is 51.0 Å². The van der Waals surface area contributed by atoms with Crippen molar-refractivity contribution < 1.29 is 14.3 Å². The van der Waals surface area contributed by atoms with Crippen molar-refractivity contribution in [3.05, 3.63) is 58.0 Å². The molecule has 1 aliphatic rings. The molecule has 2 aromatic heterocycles. The van der Waals surface area contributed by atoms with E-state index in [1.807, 2.05) is 0 Å². The maximum Gasteiger partial charge on any atom is 0.274 e. The normalized spacial score (nSPS) is 15.9. The van der Waals surface area contributed by atoms with Gasteiger partial charge >= 0.3 is 0 Å². The van der Waals surface area contributed by atoms with E-state index in [1.54, 1.807) is 25.1 Å². The summed E-state index contributed by atoms with van der Waals surface area (Å²) in [5, 5.41) is 5.74. The molecule has 1 aromatic carbocycles. The molecule has 1 fully saturated rings. The van der Waals surface area contributed by atoms with E-state index >= 15 is 0 Å². The Hall–Kier alpha value is -4.30. The van der Waals surface area contributed by atoms with Crippen LogP contribution in [0.25, 0.3) is 10.9 Å². The predicted octanol–water partition coefficient (Wildman–Crippen LogP) is 0.433. The van der Waals surface area contributed by atoms with Gasteiger partial charge in [-0.25, -0.2) is 15.0 Å². The van der Waals surface area contributed by atoms with Gasteiger partial charge in [-0.05, 0) is 31.9 Å². The van der Waals surface area contributed by atoms with Gasteiger partial charge in [-0.15, -0.1) is 0 Å². The zero-order valence-electron chi connectivity index (χ0n) is 18.4. The lowest BCUT2D eigenvalue weighted by Crippen LogP contribution is -2.34. The van der Waals surface area contributed by atoms with Crippen LogP contribution in [0.5, 0.6) is 0 Å². The third kappa shape index (κ3) is 5.02. The Morgan fingerprint density at radius 3 is 2.91 bits per heavy atom. The number of aromatic nitrogens is 4. The van der Waals surface area contributed by atoms with Crippen LogP contribution in [0.15, 0.2) is 35.4 Å². The van der Waals surface area contributed by atoms with Crippen LogP contribution in [0.1, 0.15) is 47.7 Å². The van der Waals surface area contributed by atoms with Crippen LogP contribution in [-0.2, 0) is 9.53 Å². The minimum absolute atomic E-state index is 0.00217. The van der Waals surface area contributed by atoms with E-state index in [9.17, 15) is 14.4 Å². The van der Waals surface area contributed by atoms with Crippen LogP contribution >= 0.6 is 0 Å². The van der Waals surface area contributed by atoms with Crippen molar-refractivity contribution in [3.8, 4) is 11.8 Å². The molecular formula is C23H23N7O4. The number of nitrogens with zero attached hydrogens (tertiary/aromatic N) is 3. The molecule has 11 heteroatoms. The van der Waals surface area contributed by atoms with E-state index in [0.717, 1.165) is 6.42 Å². The minimum Gasteiger partial charge on any atom is -0.382 e. The number of anilines is 1. The topological polar surface area (TPSA) is 165 Å². The summed E-state index contributed by atoms with van der Waals surface area (Å²) in [7, 11) is 0. The summed E-state index contributed by atoms with van der Waals surface area (Å²) < 4.78 is 5.34. The van der Waals surface area contributed by atoms with E-state index in [1.165, 1.54) is 12.4 Å². The van der Waals surface area contributed by atoms with Gasteiger partial charge in [0.15, 0.2) is 11.5 Å². The van der Waals surface area contributed by atoms with Crippen LogP contribution in [0.4, 0.5) is 5.82 Å². The summed E-state index contributed by atoms with van der Waals surface area (Å²) in [5.41, 5.74) is 6.20. The van der Waals surface area contributed by atoms with Gasteiger partial charge in [0.05, 0.1) is 23.5 Å². The molecule has 0 radical (unpaired) electrons. The third-order valence-electron chi connectivity index (χ3n) is 5.25. The Morgan fingerprint density at radius 1 is 1.32 bits per heavy atom. The lowest BCUT2D eigenvalue weighted by atomic mass is 10.1. The van der Waals surface area contributed by atoms with Crippen molar-refractivity contribution in [1.29, 1.82) is 0 Å². The van der Waals surface area contributed by atoms with Crippen LogP contribution in [0.2, 0.25) is 0 Å². The van der Waals surface area contributed by atoms with E-state index in [-0.39, 0.29) is 29.8 Å². The predicted molar refractivity (Wildman–Crippen MR) is 124 cm³/mol. The quantitative estimate of drug-likeness (QED) is 0.397. The second kappa shape index (κ2) is 10.1. The van der Waals surface area contributed by atoms with E-state index in [2.05, 4.69) is 42.4 Å². The Morgan fingerprint density at radius 2 is 2.15 bits per heavy atom. The highest BCUT2D eigenvalue weighted by Crippen LogP contribution is 2.15. The Balaban J connectivity index is 1.50. The molecule has 1 saturated heterocycles. The number of nitrogens with one attached hydrogen (secondary N) is 3. The smallest absolute Gasteiger partial charge is 0.274 e. The number of H-pyrrole nitrogens is 1. The molecule has 2 atom stereocenters. The van der Waals surface area contributed by atoms with Gasteiger partial charge in [-0.1, -0.05) is 17.9 Å². The van der Waals surface area contributed by atoms with E-state index < -0.39 is 23.6 Å². The third-order valence-corrected chi connectivity index (χ3v) is 5.25. The highest BCUT2D eigenvalue weighted by molar-refractivity contribution is 5.96. The molecule has 2 unspecified atom stereocenters. The molecule has 5 N–H and O–H groups in total. The number of nitrogens with two attached hydrogens (primary N) is 1. The van der Waals surface area contributed by atoms with Crippen molar-refractivity contribution in [1.82, 2.24) is 30.6 Å². The first-order valence-corrected chi connectivity index (χ1v) is 10.7. The summed E-state index contributed by atoms with van der Waals surface area (Å²) in [4.78, 5) is 52.3. The summed E-state index contributed by atoms with van der Waals surface area (Å²) in [6, 6.07) is 4.49. The van der Waals surface area contributed by atoms with Gasteiger partial charge in [0.2, 0.25) is 5.91 Å². The SMILES string of the molecule is CC(NC(=O)c1nccnc1N)c1nc2cccc(C#CCNC(=O)C3CCCO3)c2c(=O)[nH]1. The first-order valence-electron chi connectivity index (χ1n) is 10.7. The number of amides is 2. The molecule has 0 bridgehead atoms. The zero-order valence-corrected chi connectivity index (χ0v) is 18.4. The van der Waals surface area contributed by atoms with Crippen molar-refractivity contribution in [3.63, 3.8) is 0 Å². The van der Waals surface area contributed by atoms with Crippen molar-refractivity contribution in [2.24, 2.45) is 0 Å². The van der Waals surface area contributed by atoms with Gasteiger partial charge < -0.3 is 26.1 Å². The number of aromatic amines is 1. The molecule has 0 aliphatic carbocycles. The number of rotatable bonds is 5. The highest BCUT2D eigenvalue weighted by atomic mass is 16.5. The lowest BCUT2D eigenvalue weighted by molar-refractivity contribution is -0.129. The number of carbonyl (C=O) groups excluding carboxylic acids is 2. The van der Waals surface area contributed by atoms with Crippen molar-refractivity contribution in [2.75, 3.05) is 18.9 Å². The monoisotopic (exact) mass is 461 g/mol. The van der Waals surface area contributed by atoms with Crippen LogP contribution in [0.3, 0.4) is 0 Å². The molecule has 174 valence electrons. The fraction of sp³-hybridized carbons (Fsp3) is 0.304. The second-order valence-electron chi connectivity index (χ2n) is 7.66. The summed E-state index contributed by atoms with van der Waals surface area (Å²) in [6.07, 6.45) is 3.90. The van der Waals surface area contributed by atoms with Crippen molar-refractivity contribution in [2.45, 2.75) is 31.9 Å². The first-order chi connectivity index (χ1) is 16.4. The number of fused-ring (bicyclic) bond motifs is 1. The largest absolute Gasteiger partial charge is 0.382 e. The van der Waals surface area contributed by atoms with Gasteiger partial charge in [0, 0.05) is 24.6 Å². The van der Waals surface area contributed by atoms with Crippen LogP contribution in [0, 0.1) is 11.8 Å². The first kappa shape index (κ1) is 22.9. The number of hydrogen-bond donors (Lipinski definition) is 4. The van der Waals surface area contributed by atoms with Gasteiger partial charge in [-0.3, -0.25) is 14.4 Å². The summed E-state index contributed by atoms with van der Waals surface area (Å²) in [5.74, 6) is 5.33. The Bertz CT molecular complexity index is 1350. The second-order valence-corrected chi connectivity index (χ2v) is 7.66. The molecule has 0 saturated carbocycles. The molecule has 34 heavy (non-hydrogen) atoms. The van der Waals surface area contributed by atoms with Crippen molar-refractivity contribution >= 4 is 28.5 Å². The minimum atomic E-state index is -0.631. The summed E-state index contributed by atoms with van der Waals surface area (Å²) >= 11 is 0. The Kier molecular flexibility index (Phi) is 6.79. The van der Waals surface area contributed by atoms with E-state index in [4.69, 9.17) is 10.5 Å². The maximum atomic E-state index is 12.8. The van der Waals surface area contributed by atoms with Crippen LogP contribution < -0.4 is 21.9 Å². The van der Waals surface area contributed by atoms with E-state index in [0.29, 0.717) is 29.5 Å². The molecule has 3 aromatic rings. The fourth-order valence-electron chi connectivity index (χ4n) is 3.54. The zero-order chi connectivity index (χ0) is 24.1. The summed E-state index contributed by atoms with van der Waals surface area (Å²) in [6.45, 7) is 2.40. The standard InChI is InChI=1S/C23H23N7O4/c1-13(28-23(33)18-19(24)26-11-10-25-18)20-29-15-7-2-5-14(17(15)22(32)30-20)6-3-9-27-21(31)16-8-4-12-34-16/h2,5,7,10-11,13,16H,4,8-9,12H2,1H3,(H2,24,26)(H,27,31)(H,28,33)(H,29,30,32). The number of ether oxygens (including phenoxy) is 1. The Labute approximate surface area is 194 Å². The molecule has 1 aliphatic heterocycles. The number of carbonyl (C=O) groups is 2. The number of benzene rings is 1. The maximum absolute atomic E-state index is 12.8. The molecule has 11 nitrogen and oxygen atoms in total. The molecule has 2 amide bonds. The molecule has 3 heterocycles. The molecular weight excluding hydrogens is 438 g/mol. The average molecular weight is 461 g/mol. The number of nitrogen functional groups attached to an aromatic ring is 1. The average Bonchev–Trinajstić information content (AvgIpc) is 3.37. The highest BCUT2D eigenvalue weighted by Gasteiger charge is 2.22. The molecule has 0 spiro atoms. The number of hydrogen-bond acceptors (Lipinski definition) is 8. The van der Waals surface area contributed by atoms with Gasteiger partial charge in [0.25, 0.3) is 11.5 Å². The fourth-order valence-corrected chi connectivity index (χ4v) is 3.54. The van der Waals surface area contributed by atoms with Gasteiger partial charge in [0.1, 0.15) is 11.9 Å². The molecule has 4 rings (SSSR count). The van der Waals surface area contributed by atoms with Gasteiger partial charge in [-0.2, -0.15) is 0 Å². The lowest BCUT2D eigenvalue weighted by Gasteiger charge is -2.14.